The summed E-state index contributed by atoms with van der Waals surface area (Å²) in [6, 6.07) is 12.7. The van der Waals surface area contributed by atoms with Gasteiger partial charge in [-0.2, -0.15) is 0 Å². The maximum absolute atomic E-state index is 13.3. The minimum absolute atomic E-state index is 0.387. The number of aromatic nitrogens is 2. The van der Waals surface area contributed by atoms with Gasteiger partial charge in [0.25, 0.3) is 0 Å². The van der Waals surface area contributed by atoms with Crippen molar-refractivity contribution >= 4 is 23.0 Å². The standard InChI is InChI=1S/C18H16F2N4O/c1-2-25-16-6-4-3-5-15(16)24-18-10-17(21-11-22-18)23-12-7-8-13(19)14(20)9-12/h3-11H,2H2,1H3,(H2,21,22,23,24). The van der Waals surface area contributed by atoms with Crippen LogP contribution in [0.1, 0.15) is 6.92 Å². The van der Waals surface area contributed by atoms with E-state index in [0.717, 1.165) is 17.8 Å². The molecule has 2 N–H and O–H groups in total. The number of anilines is 4. The van der Waals surface area contributed by atoms with Crippen LogP contribution in [0.4, 0.5) is 31.8 Å². The number of nitrogens with one attached hydrogen (secondary N) is 2. The molecule has 128 valence electrons. The van der Waals surface area contributed by atoms with Crippen molar-refractivity contribution < 1.29 is 13.5 Å². The molecular weight excluding hydrogens is 326 g/mol. The van der Waals surface area contributed by atoms with Gasteiger partial charge in [-0.15, -0.1) is 0 Å². The first kappa shape index (κ1) is 16.6. The van der Waals surface area contributed by atoms with Crippen molar-refractivity contribution in [3.63, 3.8) is 0 Å². The lowest BCUT2D eigenvalue weighted by Crippen LogP contribution is -2.01. The highest BCUT2D eigenvalue weighted by atomic mass is 19.2. The zero-order valence-corrected chi connectivity index (χ0v) is 13.5. The Labute approximate surface area is 143 Å². The molecule has 0 unspecified atom stereocenters. The number of nitrogens with zero attached hydrogens (tertiary/aromatic N) is 2. The van der Waals surface area contributed by atoms with Crippen molar-refractivity contribution in [2.24, 2.45) is 0 Å². The molecule has 0 saturated carbocycles. The topological polar surface area (TPSA) is 59.1 Å². The minimum atomic E-state index is -0.928. The molecule has 0 spiro atoms. The monoisotopic (exact) mass is 342 g/mol. The summed E-state index contributed by atoms with van der Waals surface area (Å²) in [6.07, 6.45) is 1.37. The number of hydrogen-bond donors (Lipinski definition) is 2. The van der Waals surface area contributed by atoms with E-state index in [9.17, 15) is 8.78 Å². The number of halogens is 2. The van der Waals surface area contributed by atoms with Gasteiger partial charge in [0.1, 0.15) is 23.7 Å². The van der Waals surface area contributed by atoms with Gasteiger partial charge in [0, 0.05) is 17.8 Å². The Morgan fingerprint density at radius 2 is 1.68 bits per heavy atom. The second kappa shape index (κ2) is 7.57. The fourth-order valence-electron chi connectivity index (χ4n) is 2.21. The number of ether oxygens (including phenoxy) is 1. The highest BCUT2D eigenvalue weighted by Gasteiger charge is 2.06. The quantitative estimate of drug-likeness (QED) is 0.683. The maximum atomic E-state index is 13.3. The lowest BCUT2D eigenvalue weighted by Gasteiger charge is -2.12. The van der Waals surface area contributed by atoms with E-state index >= 15 is 0 Å². The van der Waals surface area contributed by atoms with Gasteiger partial charge in [-0.1, -0.05) is 12.1 Å². The molecule has 0 atom stereocenters. The molecule has 0 aliphatic rings. The lowest BCUT2D eigenvalue weighted by atomic mass is 10.3. The average Bonchev–Trinajstić information content (AvgIpc) is 2.61. The van der Waals surface area contributed by atoms with E-state index in [-0.39, 0.29) is 0 Å². The summed E-state index contributed by atoms with van der Waals surface area (Å²) < 4.78 is 31.8. The SMILES string of the molecule is CCOc1ccccc1Nc1cc(Nc2ccc(F)c(F)c2)ncn1. The summed E-state index contributed by atoms with van der Waals surface area (Å²) in [4.78, 5) is 8.23. The third-order valence-electron chi connectivity index (χ3n) is 3.31. The second-order valence-electron chi connectivity index (χ2n) is 5.10. The second-order valence-corrected chi connectivity index (χ2v) is 5.10. The Kier molecular flexibility index (Phi) is 5.03. The molecule has 0 aliphatic carbocycles. The van der Waals surface area contributed by atoms with Crippen LogP contribution in [0.3, 0.4) is 0 Å². The molecule has 0 amide bonds. The van der Waals surface area contributed by atoms with E-state index < -0.39 is 11.6 Å². The molecule has 7 heteroatoms. The first-order chi connectivity index (χ1) is 12.2. The van der Waals surface area contributed by atoms with Gasteiger partial charge < -0.3 is 15.4 Å². The zero-order chi connectivity index (χ0) is 17.6. The lowest BCUT2D eigenvalue weighted by molar-refractivity contribution is 0.342. The largest absolute Gasteiger partial charge is 0.492 e. The molecule has 0 saturated heterocycles. The smallest absolute Gasteiger partial charge is 0.160 e. The van der Waals surface area contributed by atoms with E-state index in [1.807, 2.05) is 31.2 Å². The van der Waals surface area contributed by atoms with Gasteiger partial charge >= 0.3 is 0 Å². The molecular formula is C18H16F2N4O. The van der Waals surface area contributed by atoms with Crippen molar-refractivity contribution in [2.45, 2.75) is 6.92 Å². The summed E-state index contributed by atoms with van der Waals surface area (Å²) in [5.74, 6) is -0.144. The Morgan fingerprint density at radius 1 is 0.920 bits per heavy atom. The predicted molar refractivity (Wildman–Crippen MR) is 92.6 cm³/mol. The number of rotatable bonds is 6. The van der Waals surface area contributed by atoms with Crippen LogP contribution in [-0.2, 0) is 0 Å². The molecule has 0 aliphatic heterocycles. The molecule has 1 aromatic heterocycles. The first-order valence-corrected chi connectivity index (χ1v) is 7.68. The predicted octanol–water partition coefficient (Wildman–Crippen LogP) is 4.64. The third kappa shape index (κ3) is 4.20. The van der Waals surface area contributed by atoms with Crippen LogP contribution in [0, 0.1) is 11.6 Å². The first-order valence-electron chi connectivity index (χ1n) is 7.68. The number of hydrogen-bond acceptors (Lipinski definition) is 5. The van der Waals surface area contributed by atoms with Crippen LogP contribution in [0.5, 0.6) is 5.75 Å². The van der Waals surface area contributed by atoms with Gasteiger partial charge in [0.15, 0.2) is 11.6 Å². The average molecular weight is 342 g/mol. The third-order valence-corrected chi connectivity index (χ3v) is 3.31. The molecule has 0 bridgehead atoms. The molecule has 3 aromatic rings. The van der Waals surface area contributed by atoms with Crippen LogP contribution < -0.4 is 15.4 Å². The fraction of sp³-hybridized carbons (Fsp3) is 0.111. The highest BCUT2D eigenvalue weighted by Crippen LogP contribution is 2.27. The van der Waals surface area contributed by atoms with Crippen LogP contribution in [-0.4, -0.2) is 16.6 Å². The van der Waals surface area contributed by atoms with Crippen LogP contribution in [0.25, 0.3) is 0 Å². The molecule has 0 radical (unpaired) electrons. The Hall–Kier alpha value is -3.22. The normalized spacial score (nSPS) is 10.4. The Bertz CT molecular complexity index is 873. The van der Waals surface area contributed by atoms with Crippen LogP contribution in [0.15, 0.2) is 54.9 Å². The summed E-state index contributed by atoms with van der Waals surface area (Å²) in [6.45, 7) is 2.46. The zero-order valence-electron chi connectivity index (χ0n) is 13.5. The fourth-order valence-corrected chi connectivity index (χ4v) is 2.21. The summed E-state index contributed by atoms with van der Waals surface area (Å²) in [5.41, 5.74) is 1.15. The summed E-state index contributed by atoms with van der Waals surface area (Å²) in [5, 5.41) is 6.06. The summed E-state index contributed by atoms with van der Waals surface area (Å²) >= 11 is 0. The molecule has 2 aromatic carbocycles. The summed E-state index contributed by atoms with van der Waals surface area (Å²) in [7, 11) is 0. The number of benzene rings is 2. The van der Waals surface area contributed by atoms with Gasteiger partial charge in [0.05, 0.1) is 12.3 Å². The van der Waals surface area contributed by atoms with E-state index in [1.165, 1.54) is 12.4 Å². The van der Waals surface area contributed by atoms with Gasteiger partial charge in [0.2, 0.25) is 0 Å². The van der Waals surface area contributed by atoms with Crippen molar-refractivity contribution in [1.29, 1.82) is 0 Å². The molecule has 0 fully saturated rings. The van der Waals surface area contributed by atoms with Crippen molar-refractivity contribution in [3.8, 4) is 5.75 Å². The molecule has 1 heterocycles. The van der Waals surface area contributed by atoms with Crippen molar-refractivity contribution in [1.82, 2.24) is 9.97 Å². The van der Waals surface area contributed by atoms with Crippen molar-refractivity contribution in [2.75, 3.05) is 17.2 Å². The Morgan fingerprint density at radius 3 is 2.44 bits per heavy atom. The molecule has 3 rings (SSSR count). The molecule has 5 nitrogen and oxygen atoms in total. The van der Waals surface area contributed by atoms with Crippen LogP contribution >= 0.6 is 0 Å². The van der Waals surface area contributed by atoms with E-state index in [4.69, 9.17) is 4.74 Å². The highest BCUT2D eigenvalue weighted by molar-refractivity contribution is 5.66. The van der Waals surface area contributed by atoms with Gasteiger partial charge in [-0.05, 0) is 31.2 Å². The van der Waals surface area contributed by atoms with E-state index in [1.54, 1.807) is 6.07 Å². The van der Waals surface area contributed by atoms with Gasteiger partial charge in [-0.25, -0.2) is 18.7 Å². The van der Waals surface area contributed by atoms with Crippen molar-refractivity contribution in [3.05, 3.63) is 66.5 Å². The van der Waals surface area contributed by atoms with Gasteiger partial charge in [-0.3, -0.25) is 0 Å². The Balaban J connectivity index is 1.78. The van der Waals surface area contributed by atoms with E-state index in [2.05, 4.69) is 20.6 Å². The maximum Gasteiger partial charge on any atom is 0.160 e. The minimum Gasteiger partial charge on any atom is -0.492 e. The van der Waals surface area contributed by atoms with Crippen LogP contribution in [0.2, 0.25) is 0 Å². The number of para-hydroxylation sites is 2. The molecule has 25 heavy (non-hydrogen) atoms. The van der Waals surface area contributed by atoms with E-state index in [0.29, 0.717) is 29.7 Å².